The van der Waals surface area contributed by atoms with E-state index < -0.39 is 10.8 Å². The Morgan fingerprint density at radius 2 is 2.00 bits per heavy atom. The molecule has 0 radical (unpaired) electrons. The van der Waals surface area contributed by atoms with Crippen LogP contribution in [-0.2, 0) is 6.42 Å². The van der Waals surface area contributed by atoms with Gasteiger partial charge in [0.05, 0.1) is 30.1 Å². The number of nitro benzene ring substituents is 1. The van der Waals surface area contributed by atoms with Crippen LogP contribution in [0.3, 0.4) is 0 Å². The molecule has 0 bridgehead atoms. The van der Waals surface area contributed by atoms with Crippen molar-refractivity contribution in [1.82, 2.24) is 0 Å². The van der Waals surface area contributed by atoms with E-state index in [-0.39, 0.29) is 5.69 Å². The van der Waals surface area contributed by atoms with Crippen LogP contribution in [0.2, 0.25) is 0 Å². The van der Waals surface area contributed by atoms with Crippen molar-refractivity contribution < 1.29 is 9.66 Å². The van der Waals surface area contributed by atoms with Gasteiger partial charge in [-0.15, -0.1) is 0 Å². The Morgan fingerprint density at radius 1 is 1.29 bits per heavy atom. The van der Waals surface area contributed by atoms with Crippen LogP contribution in [-0.4, -0.2) is 12.0 Å². The summed E-state index contributed by atoms with van der Waals surface area (Å²) in [6.07, 6.45) is 0.435. The van der Waals surface area contributed by atoms with Crippen molar-refractivity contribution in [2.24, 2.45) is 0 Å². The van der Waals surface area contributed by atoms with Gasteiger partial charge in [0, 0.05) is 5.56 Å². The van der Waals surface area contributed by atoms with E-state index in [0.717, 1.165) is 5.56 Å². The summed E-state index contributed by atoms with van der Waals surface area (Å²) in [6, 6.07) is 16.2. The molecule has 5 heteroatoms. The van der Waals surface area contributed by atoms with Gasteiger partial charge in [-0.2, -0.15) is 5.26 Å². The molecule has 0 saturated carbocycles. The van der Waals surface area contributed by atoms with Crippen molar-refractivity contribution in [3.63, 3.8) is 0 Å². The monoisotopic (exact) mass is 282 g/mol. The van der Waals surface area contributed by atoms with E-state index in [1.807, 2.05) is 30.3 Å². The van der Waals surface area contributed by atoms with Crippen LogP contribution < -0.4 is 4.74 Å². The molecule has 5 nitrogen and oxygen atoms in total. The molecule has 2 aromatic carbocycles. The normalized spacial score (nSPS) is 11.4. The summed E-state index contributed by atoms with van der Waals surface area (Å²) < 4.78 is 5.00. The molecule has 0 aromatic heterocycles. The molecule has 0 aliphatic heterocycles. The smallest absolute Gasteiger partial charge is 0.277 e. The van der Waals surface area contributed by atoms with Gasteiger partial charge in [0.25, 0.3) is 5.69 Å². The number of benzene rings is 2. The molecule has 0 fully saturated rings. The number of nitro groups is 1. The first-order valence-electron chi connectivity index (χ1n) is 6.41. The van der Waals surface area contributed by atoms with Crippen molar-refractivity contribution in [3.8, 4) is 11.8 Å². The van der Waals surface area contributed by atoms with E-state index in [2.05, 4.69) is 6.07 Å². The molecule has 106 valence electrons. The predicted molar refractivity (Wildman–Crippen MR) is 78.1 cm³/mol. The second-order valence-corrected chi connectivity index (χ2v) is 4.55. The molecule has 21 heavy (non-hydrogen) atoms. The van der Waals surface area contributed by atoms with Gasteiger partial charge in [-0.1, -0.05) is 30.3 Å². The van der Waals surface area contributed by atoms with E-state index in [0.29, 0.717) is 17.7 Å². The summed E-state index contributed by atoms with van der Waals surface area (Å²) in [6.45, 7) is 0. The SMILES string of the molecule is COc1ccc([C@@H](C#N)Cc2ccccc2)c([N+](=O)[O-])c1. The Hall–Kier alpha value is -2.87. The van der Waals surface area contributed by atoms with E-state index >= 15 is 0 Å². The lowest BCUT2D eigenvalue weighted by Crippen LogP contribution is -2.05. The van der Waals surface area contributed by atoms with E-state index in [1.165, 1.54) is 13.2 Å². The molecule has 1 atom stereocenters. The van der Waals surface area contributed by atoms with Gasteiger partial charge in [0.2, 0.25) is 0 Å². The Balaban J connectivity index is 2.38. The third-order valence-electron chi connectivity index (χ3n) is 3.25. The lowest BCUT2D eigenvalue weighted by atomic mass is 9.92. The number of hydrogen-bond acceptors (Lipinski definition) is 4. The van der Waals surface area contributed by atoms with E-state index in [4.69, 9.17) is 4.74 Å². The lowest BCUT2D eigenvalue weighted by molar-refractivity contribution is -0.385. The molecule has 0 N–H and O–H groups in total. The first-order valence-corrected chi connectivity index (χ1v) is 6.41. The van der Waals surface area contributed by atoms with Crippen LogP contribution in [0.5, 0.6) is 5.75 Å². The second-order valence-electron chi connectivity index (χ2n) is 4.55. The summed E-state index contributed by atoms with van der Waals surface area (Å²) >= 11 is 0. The Labute approximate surface area is 122 Å². The van der Waals surface area contributed by atoms with Crippen molar-refractivity contribution in [3.05, 3.63) is 69.8 Å². The fraction of sp³-hybridized carbons (Fsp3) is 0.188. The van der Waals surface area contributed by atoms with Crippen LogP contribution in [0.1, 0.15) is 17.0 Å². The minimum Gasteiger partial charge on any atom is -0.497 e. The van der Waals surface area contributed by atoms with Gasteiger partial charge in [-0.3, -0.25) is 10.1 Å². The Bertz CT molecular complexity index is 678. The number of methoxy groups -OCH3 is 1. The van der Waals surface area contributed by atoms with Crippen LogP contribution >= 0.6 is 0 Å². The predicted octanol–water partition coefficient (Wildman–Crippen LogP) is 3.45. The lowest BCUT2D eigenvalue weighted by Gasteiger charge is -2.11. The third-order valence-corrected chi connectivity index (χ3v) is 3.25. The molecular formula is C16H14N2O3. The standard InChI is InChI=1S/C16H14N2O3/c1-21-14-7-8-15(16(10-14)18(19)20)13(11-17)9-12-5-3-2-4-6-12/h2-8,10,13H,9H2,1H3/t13-/m1/s1. The average molecular weight is 282 g/mol. The molecule has 0 heterocycles. The molecule has 0 amide bonds. The largest absolute Gasteiger partial charge is 0.497 e. The highest BCUT2D eigenvalue weighted by molar-refractivity contribution is 5.50. The van der Waals surface area contributed by atoms with Gasteiger partial charge in [-0.05, 0) is 24.1 Å². The highest BCUT2D eigenvalue weighted by atomic mass is 16.6. The van der Waals surface area contributed by atoms with Crippen molar-refractivity contribution >= 4 is 5.69 Å². The molecular weight excluding hydrogens is 268 g/mol. The van der Waals surface area contributed by atoms with Crippen LogP contribution in [0.4, 0.5) is 5.69 Å². The fourth-order valence-corrected chi connectivity index (χ4v) is 2.18. The molecule has 2 rings (SSSR count). The van der Waals surface area contributed by atoms with Crippen molar-refractivity contribution in [2.45, 2.75) is 12.3 Å². The Kier molecular flexibility index (Phi) is 4.52. The number of hydrogen-bond donors (Lipinski definition) is 0. The van der Waals surface area contributed by atoms with Crippen LogP contribution in [0, 0.1) is 21.4 Å². The zero-order valence-electron chi connectivity index (χ0n) is 11.5. The average Bonchev–Trinajstić information content (AvgIpc) is 2.53. The zero-order chi connectivity index (χ0) is 15.2. The summed E-state index contributed by atoms with van der Waals surface area (Å²) in [5.41, 5.74) is 1.29. The fourth-order valence-electron chi connectivity index (χ4n) is 2.18. The van der Waals surface area contributed by atoms with Gasteiger partial charge < -0.3 is 4.74 Å². The Morgan fingerprint density at radius 3 is 2.57 bits per heavy atom. The summed E-state index contributed by atoms with van der Waals surface area (Å²) in [5, 5.41) is 20.6. The molecule has 0 unspecified atom stereocenters. The minimum absolute atomic E-state index is 0.0863. The summed E-state index contributed by atoms with van der Waals surface area (Å²) in [7, 11) is 1.45. The first kappa shape index (κ1) is 14.5. The zero-order valence-corrected chi connectivity index (χ0v) is 11.5. The number of rotatable bonds is 5. The number of nitriles is 1. The molecule has 2 aromatic rings. The quantitative estimate of drug-likeness (QED) is 0.621. The minimum atomic E-state index is -0.571. The first-order chi connectivity index (χ1) is 10.2. The van der Waals surface area contributed by atoms with Crippen molar-refractivity contribution in [2.75, 3.05) is 7.11 Å². The van der Waals surface area contributed by atoms with Gasteiger partial charge >= 0.3 is 0 Å². The maximum atomic E-state index is 11.2. The van der Waals surface area contributed by atoms with Gasteiger partial charge in [0.15, 0.2) is 0 Å². The van der Waals surface area contributed by atoms with Crippen LogP contribution in [0.15, 0.2) is 48.5 Å². The maximum Gasteiger partial charge on any atom is 0.277 e. The molecule has 0 spiro atoms. The highest BCUT2D eigenvalue weighted by Gasteiger charge is 2.23. The summed E-state index contributed by atoms with van der Waals surface area (Å²) in [4.78, 5) is 10.7. The van der Waals surface area contributed by atoms with Crippen molar-refractivity contribution in [1.29, 1.82) is 5.26 Å². The third kappa shape index (κ3) is 3.37. The highest BCUT2D eigenvalue weighted by Crippen LogP contribution is 2.32. The van der Waals surface area contributed by atoms with E-state index in [9.17, 15) is 15.4 Å². The second kappa shape index (κ2) is 6.53. The molecule has 0 aliphatic rings. The molecule has 0 saturated heterocycles. The summed E-state index contributed by atoms with van der Waals surface area (Å²) in [5.74, 6) is -0.166. The topological polar surface area (TPSA) is 76.2 Å². The van der Waals surface area contributed by atoms with Gasteiger partial charge in [-0.25, -0.2) is 0 Å². The van der Waals surface area contributed by atoms with Crippen LogP contribution in [0.25, 0.3) is 0 Å². The molecule has 0 aliphatic carbocycles. The maximum absolute atomic E-state index is 11.2. The number of ether oxygens (including phenoxy) is 1. The number of nitrogens with zero attached hydrogens (tertiary/aromatic N) is 2. The van der Waals surface area contributed by atoms with Gasteiger partial charge in [0.1, 0.15) is 5.75 Å². The van der Waals surface area contributed by atoms with E-state index in [1.54, 1.807) is 12.1 Å².